The molecular formula is C68H41NO3. The van der Waals surface area contributed by atoms with Crippen molar-refractivity contribution in [3.8, 4) is 33.8 Å². The zero-order valence-electron chi connectivity index (χ0n) is 38.8. The highest BCUT2D eigenvalue weighted by atomic mass is 16.5. The molecule has 2 aromatic heterocycles. The van der Waals surface area contributed by atoms with Gasteiger partial charge < -0.3 is 18.5 Å². The molecule has 0 N–H and O–H groups in total. The van der Waals surface area contributed by atoms with Crippen LogP contribution in [-0.2, 0) is 10.8 Å². The Morgan fingerprint density at radius 2 is 0.847 bits per heavy atom. The van der Waals surface area contributed by atoms with Crippen LogP contribution in [-0.4, -0.2) is 0 Å². The Labute approximate surface area is 415 Å². The number of ether oxygens (including phenoxy) is 1. The van der Waals surface area contributed by atoms with Crippen LogP contribution in [0.2, 0.25) is 0 Å². The second kappa shape index (κ2) is 14.6. The van der Waals surface area contributed by atoms with Gasteiger partial charge in [0.25, 0.3) is 0 Å². The molecule has 0 saturated carbocycles. The standard InChI is InChI=1S/C68H41NO3/c1-3-19-42(20-4-1)67(43-21-5-2-6-22-43)52-27-11-8-25-48(52)65-55(67)30-17-31-57(65)69(44-37-38-47-46-24-9-14-33-59(46)70-63(47)39-44)58-32-18-36-62-66(58)50-40-49-45-23-7-10-26-51(45)68(56(49)41-64(50)72-62)53-28-12-15-34-60(53)71-61-35-16-13-29-54(61)68/h1-41H. The van der Waals surface area contributed by atoms with Crippen LogP contribution in [0.1, 0.15) is 44.5 Å². The van der Waals surface area contributed by atoms with Gasteiger partial charge in [0, 0.05) is 44.6 Å². The van der Waals surface area contributed by atoms with Crippen LogP contribution >= 0.6 is 0 Å². The molecule has 3 heterocycles. The van der Waals surface area contributed by atoms with Gasteiger partial charge in [0.15, 0.2) is 0 Å². The van der Waals surface area contributed by atoms with Gasteiger partial charge >= 0.3 is 0 Å². The summed E-state index contributed by atoms with van der Waals surface area (Å²) >= 11 is 0. The van der Waals surface area contributed by atoms with Gasteiger partial charge in [0.05, 0.1) is 27.6 Å². The molecule has 13 aromatic rings. The first-order valence-electron chi connectivity index (χ1n) is 24.7. The van der Waals surface area contributed by atoms with E-state index in [1.165, 1.54) is 55.6 Å². The molecule has 0 saturated heterocycles. The van der Waals surface area contributed by atoms with Crippen molar-refractivity contribution in [2.75, 3.05) is 4.90 Å². The summed E-state index contributed by atoms with van der Waals surface area (Å²) in [6.45, 7) is 0. The largest absolute Gasteiger partial charge is 0.457 e. The number of anilines is 3. The summed E-state index contributed by atoms with van der Waals surface area (Å²) < 4.78 is 20.6. The summed E-state index contributed by atoms with van der Waals surface area (Å²) in [6.07, 6.45) is 0. The summed E-state index contributed by atoms with van der Waals surface area (Å²) in [5.41, 5.74) is 19.5. The third-order valence-corrected chi connectivity index (χ3v) is 16.0. The Kier molecular flexibility index (Phi) is 7.99. The van der Waals surface area contributed by atoms with Crippen molar-refractivity contribution in [1.29, 1.82) is 0 Å². The maximum Gasteiger partial charge on any atom is 0.137 e. The van der Waals surface area contributed by atoms with Crippen molar-refractivity contribution >= 4 is 60.9 Å². The van der Waals surface area contributed by atoms with Crippen molar-refractivity contribution in [1.82, 2.24) is 0 Å². The van der Waals surface area contributed by atoms with E-state index in [-0.39, 0.29) is 0 Å². The molecule has 0 radical (unpaired) electrons. The SMILES string of the molecule is c1ccc(C2(c3ccccc3)c3ccccc3-c3c(N(c4ccc5c(c4)oc4ccccc45)c4cccc5oc6cc7c(cc6c45)-c4ccccc4C74c5ccccc5Oc5ccccc54)cccc32)cc1. The molecule has 4 heteroatoms. The van der Waals surface area contributed by atoms with E-state index in [1.807, 2.05) is 6.07 Å². The summed E-state index contributed by atoms with van der Waals surface area (Å²) in [6, 6.07) is 90.1. The number of benzene rings is 11. The van der Waals surface area contributed by atoms with E-state index in [1.54, 1.807) is 0 Å². The van der Waals surface area contributed by atoms with E-state index in [9.17, 15) is 0 Å². The Morgan fingerprint density at radius 3 is 1.60 bits per heavy atom. The Morgan fingerprint density at radius 1 is 0.306 bits per heavy atom. The number of rotatable bonds is 5. The predicted molar refractivity (Wildman–Crippen MR) is 290 cm³/mol. The molecule has 0 unspecified atom stereocenters. The fraction of sp³-hybridized carbons (Fsp3) is 0.0294. The minimum atomic E-state index is -0.622. The van der Waals surface area contributed by atoms with Crippen molar-refractivity contribution < 1.29 is 13.6 Å². The van der Waals surface area contributed by atoms with Crippen molar-refractivity contribution in [3.63, 3.8) is 0 Å². The lowest BCUT2D eigenvalue weighted by molar-refractivity contribution is 0.436. The van der Waals surface area contributed by atoms with Gasteiger partial charge in [-0.2, -0.15) is 0 Å². The quantitative estimate of drug-likeness (QED) is 0.172. The molecule has 11 aromatic carbocycles. The van der Waals surface area contributed by atoms with Crippen molar-refractivity contribution in [2.45, 2.75) is 10.8 Å². The van der Waals surface area contributed by atoms with Crippen LogP contribution in [0.3, 0.4) is 0 Å². The first-order chi connectivity index (χ1) is 35.7. The summed E-state index contributed by atoms with van der Waals surface area (Å²) in [4.78, 5) is 2.46. The number of para-hydroxylation sites is 3. The molecule has 3 aliphatic rings. The molecule has 4 nitrogen and oxygen atoms in total. The van der Waals surface area contributed by atoms with Crippen LogP contribution in [0, 0.1) is 0 Å². The molecule has 16 rings (SSSR count). The normalized spacial score (nSPS) is 14.2. The van der Waals surface area contributed by atoms with Gasteiger partial charge in [0.1, 0.15) is 33.8 Å². The van der Waals surface area contributed by atoms with Crippen molar-refractivity contribution in [2.24, 2.45) is 0 Å². The molecule has 0 fully saturated rings. The van der Waals surface area contributed by atoms with E-state index in [2.05, 4.69) is 248 Å². The molecule has 1 aliphatic heterocycles. The lowest BCUT2D eigenvalue weighted by Crippen LogP contribution is -2.32. The van der Waals surface area contributed by atoms with Crippen LogP contribution in [0.5, 0.6) is 11.5 Å². The highest BCUT2D eigenvalue weighted by molar-refractivity contribution is 6.16. The van der Waals surface area contributed by atoms with Gasteiger partial charge in [-0.25, -0.2) is 0 Å². The monoisotopic (exact) mass is 919 g/mol. The van der Waals surface area contributed by atoms with Gasteiger partial charge in [-0.1, -0.05) is 182 Å². The lowest BCUT2D eigenvalue weighted by Gasteiger charge is -2.39. The molecule has 0 atom stereocenters. The Balaban J connectivity index is 1.00. The second-order valence-corrected chi connectivity index (χ2v) is 19.4. The first kappa shape index (κ1) is 39.5. The Hall–Kier alpha value is -9.38. The third-order valence-electron chi connectivity index (χ3n) is 16.0. The van der Waals surface area contributed by atoms with E-state index >= 15 is 0 Å². The van der Waals surface area contributed by atoms with E-state index < -0.39 is 10.8 Å². The number of hydrogen-bond donors (Lipinski definition) is 0. The third kappa shape index (κ3) is 5.05. The average molecular weight is 920 g/mol. The van der Waals surface area contributed by atoms with E-state index in [0.717, 1.165) is 83.6 Å². The fourth-order valence-electron chi connectivity index (χ4n) is 13.3. The minimum Gasteiger partial charge on any atom is -0.457 e. The number of nitrogens with zero attached hydrogens (tertiary/aromatic N) is 1. The average Bonchev–Trinajstić information content (AvgIpc) is 4.17. The maximum absolute atomic E-state index is 7.18. The first-order valence-corrected chi connectivity index (χ1v) is 24.7. The maximum atomic E-state index is 7.18. The van der Waals surface area contributed by atoms with Gasteiger partial charge in [-0.3, -0.25) is 0 Å². The van der Waals surface area contributed by atoms with E-state index in [4.69, 9.17) is 13.6 Å². The fourth-order valence-corrected chi connectivity index (χ4v) is 13.3. The molecule has 0 bridgehead atoms. The molecule has 0 amide bonds. The molecule has 1 spiro atoms. The van der Waals surface area contributed by atoms with Crippen LogP contribution < -0.4 is 9.64 Å². The van der Waals surface area contributed by atoms with Crippen molar-refractivity contribution in [3.05, 3.63) is 293 Å². The predicted octanol–water partition coefficient (Wildman–Crippen LogP) is 17.8. The van der Waals surface area contributed by atoms with Gasteiger partial charge in [-0.15, -0.1) is 0 Å². The highest BCUT2D eigenvalue weighted by Crippen LogP contribution is 2.64. The Bertz CT molecular complexity index is 4310. The van der Waals surface area contributed by atoms with Gasteiger partial charge in [0.2, 0.25) is 0 Å². The smallest absolute Gasteiger partial charge is 0.137 e. The summed E-state index contributed by atoms with van der Waals surface area (Å²) in [5.74, 6) is 1.73. The minimum absolute atomic E-state index is 0.585. The highest BCUT2D eigenvalue weighted by Gasteiger charge is 2.52. The zero-order valence-corrected chi connectivity index (χ0v) is 38.8. The van der Waals surface area contributed by atoms with Crippen LogP contribution in [0.4, 0.5) is 17.1 Å². The van der Waals surface area contributed by atoms with E-state index in [0.29, 0.717) is 0 Å². The summed E-state index contributed by atoms with van der Waals surface area (Å²) in [7, 11) is 0. The van der Waals surface area contributed by atoms with Gasteiger partial charge in [-0.05, 0) is 111 Å². The number of hydrogen-bond acceptors (Lipinski definition) is 4. The van der Waals surface area contributed by atoms with Crippen LogP contribution in [0.25, 0.3) is 66.1 Å². The second-order valence-electron chi connectivity index (χ2n) is 19.4. The zero-order chi connectivity index (χ0) is 47.1. The summed E-state index contributed by atoms with van der Waals surface area (Å²) in [5, 5.41) is 4.26. The number of fused-ring (bicyclic) bond motifs is 18. The topological polar surface area (TPSA) is 38.8 Å². The lowest BCUT2D eigenvalue weighted by atomic mass is 9.66. The molecule has 2 aliphatic carbocycles. The van der Waals surface area contributed by atoms with Crippen LogP contribution in [0.15, 0.2) is 258 Å². The molecule has 336 valence electrons. The molecule has 72 heavy (non-hydrogen) atoms. The molecular weight excluding hydrogens is 879 g/mol. The number of furan rings is 2.